The van der Waals surface area contributed by atoms with Gasteiger partial charge in [-0.3, -0.25) is 0 Å². The van der Waals surface area contributed by atoms with E-state index in [1.807, 2.05) is 0 Å². The summed E-state index contributed by atoms with van der Waals surface area (Å²) in [6.07, 6.45) is 29.9. The molecular formula is C24H38O3. The van der Waals surface area contributed by atoms with Gasteiger partial charge >= 0.3 is 5.97 Å². The Hall–Kier alpha value is -1.87. The molecule has 0 aliphatic rings. The molecule has 0 aliphatic carbocycles. The summed E-state index contributed by atoms with van der Waals surface area (Å²) in [4.78, 5) is 10.9. The van der Waals surface area contributed by atoms with E-state index in [1.54, 1.807) is 13.8 Å². The molecule has 0 radical (unpaired) electrons. The van der Waals surface area contributed by atoms with Crippen molar-refractivity contribution in [3.8, 4) is 0 Å². The molecular weight excluding hydrogens is 336 g/mol. The topological polar surface area (TPSA) is 46.5 Å². The van der Waals surface area contributed by atoms with Gasteiger partial charge in [0.25, 0.3) is 0 Å². The largest absolute Gasteiger partial charge is 0.479 e. The molecule has 0 amide bonds. The van der Waals surface area contributed by atoms with E-state index in [-0.39, 0.29) is 0 Å². The Balaban J connectivity index is 3.54. The standard InChI is InChI=1S/C24H38O3/c1-4-5-6-7-8-9-10-11-12-13-14-15-16-17-18-19-20-21-22-27-24(2,3)23(25)26/h5-6,8-9,11-12,14-15,17-18H,4,7,10,13,16,19-22H2,1-3H3,(H,25,26)/b6-5-,9-8-,12-11-,15-14-,18-17-. The van der Waals surface area contributed by atoms with Gasteiger partial charge in [0.2, 0.25) is 0 Å². The van der Waals surface area contributed by atoms with Crippen LogP contribution >= 0.6 is 0 Å². The van der Waals surface area contributed by atoms with Crippen LogP contribution in [0, 0.1) is 0 Å². The van der Waals surface area contributed by atoms with E-state index >= 15 is 0 Å². The van der Waals surface area contributed by atoms with Crippen molar-refractivity contribution in [3.05, 3.63) is 60.8 Å². The van der Waals surface area contributed by atoms with E-state index in [1.165, 1.54) is 0 Å². The lowest BCUT2D eigenvalue weighted by atomic mass is 10.1. The minimum atomic E-state index is -1.09. The maximum absolute atomic E-state index is 10.9. The minimum absolute atomic E-state index is 0.490. The summed E-state index contributed by atoms with van der Waals surface area (Å²) < 4.78 is 5.37. The predicted octanol–water partition coefficient (Wildman–Crippen LogP) is 6.79. The molecule has 0 saturated carbocycles. The number of carboxylic acid groups (broad SMARTS) is 1. The van der Waals surface area contributed by atoms with Crippen molar-refractivity contribution in [2.24, 2.45) is 0 Å². The third-order valence-electron chi connectivity index (χ3n) is 3.90. The summed E-state index contributed by atoms with van der Waals surface area (Å²) in [5.74, 6) is -0.916. The van der Waals surface area contributed by atoms with Crippen LogP contribution in [0.5, 0.6) is 0 Å². The summed E-state index contributed by atoms with van der Waals surface area (Å²) in [6, 6.07) is 0. The molecule has 0 fully saturated rings. The third-order valence-corrected chi connectivity index (χ3v) is 3.90. The van der Waals surface area contributed by atoms with Crippen LogP contribution < -0.4 is 0 Å². The fourth-order valence-corrected chi connectivity index (χ4v) is 2.12. The van der Waals surface area contributed by atoms with Crippen LogP contribution in [-0.2, 0) is 9.53 Å². The maximum Gasteiger partial charge on any atom is 0.335 e. The molecule has 152 valence electrons. The fraction of sp³-hybridized carbons (Fsp3) is 0.542. The first kappa shape index (κ1) is 25.1. The Labute approximate surface area is 166 Å². The zero-order chi connectivity index (χ0) is 20.2. The Morgan fingerprint density at radius 1 is 0.778 bits per heavy atom. The highest BCUT2D eigenvalue weighted by Gasteiger charge is 2.27. The van der Waals surface area contributed by atoms with Crippen LogP contribution in [0.2, 0.25) is 0 Å². The molecule has 0 rings (SSSR count). The first-order valence-electron chi connectivity index (χ1n) is 10.1. The quantitative estimate of drug-likeness (QED) is 0.239. The van der Waals surface area contributed by atoms with Crippen LogP contribution in [0.4, 0.5) is 0 Å². The van der Waals surface area contributed by atoms with Gasteiger partial charge < -0.3 is 9.84 Å². The summed E-state index contributed by atoms with van der Waals surface area (Å²) in [5, 5.41) is 8.94. The van der Waals surface area contributed by atoms with Crippen molar-refractivity contribution in [1.29, 1.82) is 0 Å². The Morgan fingerprint density at radius 2 is 1.22 bits per heavy atom. The average Bonchev–Trinajstić information content (AvgIpc) is 2.63. The van der Waals surface area contributed by atoms with Gasteiger partial charge in [-0.25, -0.2) is 4.79 Å². The number of rotatable bonds is 16. The summed E-state index contributed by atoms with van der Waals surface area (Å²) in [5.41, 5.74) is -1.09. The highest BCUT2D eigenvalue weighted by Crippen LogP contribution is 2.10. The van der Waals surface area contributed by atoms with E-state index in [0.29, 0.717) is 6.61 Å². The fourth-order valence-electron chi connectivity index (χ4n) is 2.12. The van der Waals surface area contributed by atoms with Gasteiger partial charge in [0.15, 0.2) is 5.60 Å². The molecule has 0 spiro atoms. The number of hydrogen-bond acceptors (Lipinski definition) is 2. The molecule has 3 nitrogen and oxygen atoms in total. The van der Waals surface area contributed by atoms with E-state index < -0.39 is 11.6 Å². The average molecular weight is 375 g/mol. The number of aliphatic carboxylic acids is 1. The van der Waals surface area contributed by atoms with Crippen LogP contribution in [0.25, 0.3) is 0 Å². The number of allylic oxidation sites excluding steroid dienone is 10. The molecule has 0 aromatic carbocycles. The number of ether oxygens (including phenoxy) is 1. The van der Waals surface area contributed by atoms with Crippen LogP contribution in [0.15, 0.2) is 60.8 Å². The number of unbranched alkanes of at least 4 members (excludes halogenated alkanes) is 2. The molecule has 0 bridgehead atoms. The lowest BCUT2D eigenvalue weighted by Crippen LogP contribution is -2.34. The Kier molecular flexibility index (Phi) is 16.3. The van der Waals surface area contributed by atoms with E-state index in [2.05, 4.69) is 67.7 Å². The lowest BCUT2D eigenvalue weighted by Gasteiger charge is -2.19. The SMILES string of the molecule is CC/C=C\C/C=C\C/C=C\C/C=C\C/C=C\CCCCOC(C)(C)C(=O)O. The lowest BCUT2D eigenvalue weighted by molar-refractivity contribution is -0.161. The molecule has 0 aliphatic heterocycles. The second kappa shape index (κ2) is 17.5. The number of hydrogen-bond donors (Lipinski definition) is 1. The molecule has 0 saturated heterocycles. The van der Waals surface area contributed by atoms with Gasteiger partial charge in [-0.15, -0.1) is 0 Å². The van der Waals surface area contributed by atoms with Crippen LogP contribution in [0.1, 0.15) is 72.1 Å². The highest BCUT2D eigenvalue weighted by molar-refractivity contribution is 5.76. The van der Waals surface area contributed by atoms with Crippen molar-refractivity contribution in [1.82, 2.24) is 0 Å². The van der Waals surface area contributed by atoms with Crippen molar-refractivity contribution in [2.45, 2.75) is 77.7 Å². The van der Waals surface area contributed by atoms with E-state index in [0.717, 1.165) is 51.4 Å². The minimum Gasteiger partial charge on any atom is -0.479 e. The van der Waals surface area contributed by atoms with E-state index in [9.17, 15) is 4.79 Å². The number of carbonyl (C=O) groups is 1. The molecule has 3 heteroatoms. The Bertz CT molecular complexity index is 508. The first-order chi connectivity index (χ1) is 13.0. The maximum atomic E-state index is 10.9. The predicted molar refractivity (Wildman–Crippen MR) is 116 cm³/mol. The Morgan fingerprint density at radius 3 is 1.67 bits per heavy atom. The molecule has 0 aromatic heterocycles. The van der Waals surface area contributed by atoms with Crippen molar-refractivity contribution in [3.63, 3.8) is 0 Å². The van der Waals surface area contributed by atoms with Gasteiger partial charge in [-0.2, -0.15) is 0 Å². The zero-order valence-corrected chi connectivity index (χ0v) is 17.4. The number of carboxylic acids is 1. The second-order valence-electron chi connectivity index (χ2n) is 6.87. The van der Waals surface area contributed by atoms with Gasteiger partial charge in [0, 0.05) is 6.61 Å². The third kappa shape index (κ3) is 17.3. The van der Waals surface area contributed by atoms with Crippen molar-refractivity contribution >= 4 is 5.97 Å². The summed E-state index contributed by atoms with van der Waals surface area (Å²) >= 11 is 0. The van der Waals surface area contributed by atoms with Gasteiger partial charge in [-0.1, -0.05) is 67.7 Å². The molecule has 27 heavy (non-hydrogen) atoms. The summed E-state index contributed by atoms with van der Waals surface area (Å²) in [7, 11) is 0. The zero-order valence-electron chi connectivity index (χ0n) is 17.4. The monoisotopic (exact) mass is 374 g/mol. The molecule has 1 N–H and O–H groups in total. The molecule has 0 atom stereocenters. The summed E-state index contributed by atoms with van der Waals surface area (Å²) in [6.45, 7) is 5.80. The second-order valence-corrected chi connectivity index (χ2v) is 6.87. The molecule has 0 heterocycles. The van der Waals surface area contributed by atoms with Gasteiger partial charge in [0.05, 0.1) is 0 Å². The van der Waals surface area contributed by atoms with Crippen LogP contribution in [0.3, 0.4) is 0 Å². The van der Waals surface area contributed by atoms with Gasteiger partial charge in [0.1, 0.15) is 0 Å². The molecule has 0 unspecified atom stereocenters. The smallest absolute Gasteiger partial charge is 0.335 e. The van der Waals surface area contributed by atoms with Crippen molar-refractivity contribution < 1.29 is 14.6 Å². The van der Waals surface area contributed by atoms with Crippen LogP contribution in [-0.4, -0.2) is 23.3 Å². The normalized spacial score (nSPS) is 13.3. The van der Waals surface area contributed by atoms with Gasteiger partial charge in [-0.05, 0) is 65.2 Å². The van der Waals surface area contributed by atoms with Crippen molar-refractivity contribution in [2.75, 3.05) is 6.61 Å². The van der Waals surface area contributed by atoms with E-state index in [4.69, 9.17) is 9.84 Å². The molecule has 0 aromatic rings. The highest BCUT2D eigenvalue weighted by atomic mass is 16.5. The first-order valence-corrected chi connectivity index (χ1v) is 10.1.